The minimum Gasteiger partial charge on any atom is -0.338 e. The highest BCUT2D eigenvalue weighted by Crippen LogP contribution is 2.25. The molecule has 2 rings (SSSR count). The molecule has 1 amide bonds. The molecule has 19 heavy (non-hydrogen) atoms. The van der Waals surface area contributed by atoms with Crippen LogP contribution < -0.4 is 5.32 Å². The number of hydrogen-bond acceptors (Lipinski definition) is 2. The molecule has 0 spiro atoms. The molecule has 0 aromatic heterocycles. The molecular weight excluding hydrogens is 328 g/mol. The van der Waals surface area contributed by atoms with Gasteiger partial charge in [-0.25, -0.2) is 0 Å². The van der Waals surface area contributed by atoms with Crippen LogP contribution >= 0.6 is 27.5 Å². The number of benzene rings is 1. The second-order valence-corrected chi connectivity index (χ2v) is 6.23. The van der Waals surface area contributed by atoms with E-state index in [-0.39, 0.29) is 5.91 Å². The Hall–Kier alpha value is -0.580. The Morgan fingerprint density at radius 3 is 3.05 bits per heavy atom. The standard InChI is InChI=1S/C14H18BrClN2O/c1-17-8-10-3-2-6-18(9-10)14(19)12-5-4-11(16)7-13(12)15/h4-5,7,10,17H,2-3,6,8-9H2,1H3/t10-/m1/s1. The van der Waals surface area contributed by atoms with Crippen molar-refractivity contribution in [2.75, 3.05) is 26.7 Å². The van der Waals surface area contributed by atoms with Crippen molar-refractivity contribution in [3.05, 3.63) is 33.3 Å². The monoisotopic (exact) mass is 344 g/mol. The van der Waals surface area contributed by atoms with Crippen LogP contribution in [0.15, 0.2) is 22.7 Å². The van der Waals surface area contributed by atoms with Crippen molar-refractivity contribution < 1.29 is 4.79 Å². The normalized spacial score (nSPS) is 19.5. The molecule has 0 aliphatic carbocycles. The summed E-state index contributed by atoms with van der Waals surface area (Å²) < 4.78 is 0.765. The summed E-state index contributed by atoms with van der Waals surface area (Å²) in [5.74, 6) is 0.637. The zero-order chi connectivity index (χ0) is 13.8. The van der Waals surface area contributed by atoms with Gasteiger partial charge in [-0.2, -0.15) is 0 Å². The summed E-state index contributed by atoms with van der Waals surface area (Å²) in [6, 6.07) is 5.31. The van der Waals surface area contributed by atoms with Gasteiger partial charge < -0.3 is 10.2 Å². The van der Waals surface area contributed by atoms with E-state index in [1.54, 1.807) is 18.2 Å². The van der Waals surface area contributed by atoms with Gasteiger partial charge in [-0.3, -0.25) is 4.79 Å². The van der Waals surface area contributed by atoms with E-state index in [0.29, 0.717) is 16.5 Å². The van der Waals surface area contributed by atoms with Gasteiger partial charge in [0.15, 0.2) is 0 Å². The Kier molecular flexibility index (Phi) is 5.25. The van der Waals surface area contributed by atoms with Crippen LogP contribution in [0.25, 0.3) is 0 Å². The number of likely N-dealkylation sites (tertiary alicyclic amines) is 1. The number of nitrogens with zero attached hydrogens (tertiary/aromatic N) is 1. The Labute approximate surface area is 127 Å². The Balaban J connectivity index is 2.10. The molecule has 5 heteroatoms. The van der Waals surface area contributed by atoms with Gasteiger partial charge in [0.05, 0.1) is 5.56 Å². The number of hydrogen-bond donors (Lipinski definition) is 1. The van der Waals surface area contributed by atoms with Crippen molar-refractivity contribution in [3.63, 3.8) is 0 Å². The smallest absolute Gasteiger partial charge is 0.255 e. The summed E-state index contributed by atoms with van der Waals surface area (Å²) in [5, 5.41) is 3.83. The maximum absolute atomic E-state index is 12.5. The fourth-order valence-electron chi connectivity index (χ4n) is 2.54. The molecule has 0 unspecified atom stereocenters. The Morgan fingerprint density at radius 2 is 2.37 bits per heavy atom. The summed E-state index contributed by atoms with van der Waals surface area (Å²) in [6.07, 6.45) is 2.26. The van der Waals surface area contributed by atoms with Gasteiger partial charge in [-0.1, -0.05) is 11.6 Å². The van der Waals surface area contributed by atoms with Crippen LogP contribution in [-0.2, 0) is 0 Å². The van der Waals surface area contributed by atoms with E-state index in [4.69, 9.17) is 11.6 Å². The number of amides is 1. The molecule has 1 aromatic rings. The highest BCUT2D eigenvalue weighted by Gasteiger charge is 2.25. The van der Waals surface area contributed by atoms with Crippen LogP contribution in [0, 0.1) is 5.92 Å². The molecular formula is C14H18BrClN2O. The van der Waals surface area contributed by atoms with Crippen LogP contribution in [0.5, 0.6) is 0 Å². The SMILES string of the molecule is CNC[C@H]1CCCN(C(=O)c2ccc(Cl)cc2Br)C1. The summed E-state index contributed by atoms with van der Waals surface area (Å²) in [6.45, 7) is 2.63. The molecule has 1 atom stereocenters. The maximum atomic E-state index is 12.5. The second kappa shape index (κ2) is 6.73. The highest BCUT2D eigenvalue weighted by molar-refractivity contribution is 9.10. The van der Waals surface area contributed by atoms with Gasteiger partial charge in [0.1, 0.15) is 0 Å². The lowest BCUT2D eigenvalue weighted by atomic mass is 9.97. The predicted octanol–water partition coefficient (Wildman–Crippen LogP) is 3.17. The van der Waals surface area contributed by atoms with E-state index < -0.39 is 0 Å². The molecule has 1 aromatic carbocycles. The third-order valence-corrected chi connectivity index (χ3v) is 4.35. The zero-order valence-electron chi connectivity index (χ0n) is 11.0. The van der Waals surface area contributed by atoms with Gasteiger partial charge in [-0.15, -0.1) is 0 Å². The first-order valence-electron chi connectivity index (χ1n) is 6.50. The number of nitrogens with one attached hydrogen (secondary N) is 1. The van der Waals surface area contributed by atoms with Gasteiger partial charge in [-0.05, 0) is 66.5 Å². The summed E-state index contributed by atoms with van der Waals surface area (Å²) >= 11 is 9.32. The number of halogens is 2. The van der Waals surface area contributed by atoms with Gasteiger partial charge in [0.2, 0.25) is 0 Å². The largest absolute Gasteiger partial charge is 0.338 e. The number of carbonyl (C=O) groups is 1. The van der Waals surface area contributed by atoms with Crippen molar-refractivity contribution in [3.8, 4) is 0 Å². The van der Waals surface area contributed by atoms with Crippen LogP contribution in [-0.4, -0.2) is 37.5 Å². The first-order valence-corrected chi connectivity index (χ1v) is 7.68. The van der Waals surface area contributed by atoms with E-state index in [1.807, 2.05) is 11.9 Å². The van der Waals surface area contributed by atoms with Crippen molar-refractivity contribution >= 4 is 33.4 Å². The highest BCUT2D eigenvalue weighted by atomic mass is 79.9. The molecule has 1 aliphatic heterocycles. The number of piperidine rings is 1. The molecule has 3 nitrogen and oxygen atoms in total. The zero-order valence-corrected chi connectivity index (χ0v) is 13.3. The summed E-state index contributed by atoms with van der Waals surface area (Å²) in [5.41, 5.74) is 0.689. The fourth-order valence-corrected chi connectivity index (χ4v) is 3.39. The first-order chi connectivity index (χ1) is 9.11. The molecule has 1 heterocycles. The van der Waals surface area contributed by atoms with Crippen LogP contribution in [0.4, 0.5) is 0 Å². The second-order valence-electron chi connectivity index (χ2n) is 4.94. The molecule has 1 fully saturated rings. The Morgan fingerprint density at radius 1 is 1.58 bits per heavy atom. The average molecular weight is 346 g/mol. The molecule has 0 bridgehead atoms. The van der Waals surface area contributed by atoms with Crippen molar-refractivity contribution in [2.45, 2.75) is 12.8 Å². The van der Waals surface area contributed by atoms with Crippen molar-refractivity contribution in [1.29, 1.82) is 0 Å². The molecule has 0 saturated carbocycles. The van der Waals surface area contributed by atoms with Crippen molar-refractivity contribution in [2.24, 2.45) is 5.92 Å². The van der Waals surface area contributed by atoms with E-state index in [0.717, 1.165) is 30.5 Å². The predicted molar refractivity (Wildman–Crippen MR) is 81.7 cm³/mol. The molecule has 0 radical (unpaired) electrons. The lowest BCUT2D eigenvalue weighted by molar-refractivity contribution is 0.0673. The van der Waals surface area contributed by atoms with E-state index in [2.05, 4.69) is 21.2 Å². The molecule has 1 aliphatic rings. The first kappa shape index (κ1) is 14.8. The third kappa shape index (κ3) is 3.71. The molecule has 1 N–H and O–H groups in total. The van der Waals surface area contributed by atoms with Gasteiger partial charge >= 0.3 is 0 Å². The van der Waals surface area contributed by atoms with Crippen LogP contribution in [0.2, 0.25) is 5.02 Å². The minimum absolute atomic E-state index is 0.0874. The lowest BCUT2D eigenvalue weighted by Gasteiger charge is -2.33. The topological polar surface area (TPSA) is 32.3 Å². The van der Waals surface area contributed by atoms with E-state index in [1.165, 1.54) is 6.42 Å². The van der Waals surface area contributed by atoms with Gasteiger partial charge in [0.25, 0.3) is 5.91 Å². The van der Waals surface area contributed by atoms with E-state index in [9.17, 15) is 4.79 Å². The summed E-state index contributed by atoms with van der Waals surface area (Å²) in [4.78, 5) is 14.5. The third-order valence-electron chi connectivity index (χ3n) is 3.46. The Bertz CT molecular complexity index is 465. The fraction of sp³-hybridized carbons (Fsp3) is 0.500. The summed E-state index contributed by atoms with van der Waals surface area (Å²) in [7, 11) is 1.95. The quantitative estimate of drug-likeness (QED) is 0.912. The van der Waals surface area contributed by atoms with Crippen molar-refractivity contribution in [1.82, 2.24) is 10.2 Å². The van der Waals surface area contributed by atoms with Gasteiger partial charge in [0, 0.05) is 22.6 Å². The van der Waals surface area contributed by atoms with Crippen LogP contribution in [0.3, 0.4) is 0 Å². The minimum atomic E-state index is 0.0874. The lowest BCUT2D eigenvalue weighted by Crippen LogP contribution is -2.42. The molecule has 1 saturated heterocycles. The van der Waals surface area contributed by atoms with E-state index >= 15 is 0 Å². The molecule has 104 valence electrons. The number of carbonyl (C=O) groups excluding carboxylic acids is 1. The van der Waals surface area contributed by atoms with Crippen LogP contribution in [0.1, 0.15) is 23.2 Å². The number of rotatable bonds is 3. The maximum Gasteiger partial charge on any atom is 0.255 e. The average Bonchev–Trinajstić information content (AvgIpc) is 2.39.